The molecule has 0 fully saturated rings. The smallest absolute Gasteiger partial charge is 0.113 e. The summed E-state index contributed by atoms with van der Waals surface area (Å²) in [6.07, 6.45) is 4.22. The van der Waals surface area contributed by atoms with Crippen LogP contribution in [0.5, 0.6) is 0 Å². The third-order valence-electron chi connectivity index (χ3n) is 2.20. The Bertz CT molecular complexity index is 239. The van der Waals surface area contributed by atoms with Crippen LogP contribution in [-0.4, -0.2) is 32.6 Å². The molecule has 1 heterocycles. The molecule has 0 saturated carbocycles. The van der Waals surface area contributed by atoms with Gasteiger partial charge in [0.05, 0.1) is 18.6 Å². The lowest BCUT2D eigenvalue weighted by molar-refractivity contribution is 0.199. The van der Waals surface area contributed by atoms with E-state index < -0.39 is 0 Å². The Morgan fingerprint density at radius 2 is 2.31 bits per heavy atom. The van der Waals surface area contributed by atoms with Crippen LogP contribution in [0.3, 0.4) is 0 Å². The van der Waals surface area contributed by atoms with Crippen LogP contribution in [0.25, 0.3) is 0 Å². The third kappa shape index (κ3) is 6.93. The van der Waals surface area contributed by atoms with Crippen LogP contribution in [0.15, 0.2) is 22.8 Å². The van der Waals surface area contributed by atoms with Crippen LogP contribution < -0.4 is 5.32 Å². The topological polar surface area (TPSA) is 34.4 Å². The second kappa shape index (κ2) is 9.75. The Labute approximate surface area is 102 Å². The van der Waals surface area contributed by atoms with E-state index in [1.54, 1.807) is 13.4 Å². The Hall–Kier alpha value is -0.450. The van der Waals surface area contributed by atoms with Gasteiger partial charge in [0.2, 0.25) is 0 Å². The van der Waals surface area contributed by atoms with E-state index in [0.717, 1.165) is 31.2 Å². The maximum Gasteiger partial charge on any atom is 0.113 e. The predicted molar refractivity (Wildman–Crippen MR) is 68.8 cm³/mol. The number of nitrogens with one attached hydrogen (secondary N) is 1. The van der Waals surface area contributed by atoms with E-state index in [4.69, 9.17) is 9.15 Å². The normalized spacial score (nSPS) is 10.8. The monoisotopic (exact) mass is 243 g/mol. The molecule has 0 unspecified atom stereocenters. The van der Waals surface area contributed by atoms with E-state index in [9.17, 15) is 0 Å². The minimum Gasteiger partial charge on any atom is -0.468 e. The first kappa shape index (κ1) is 13.6. The Morgan fingerprint density at radius 1 is 1.38 bits per heavy atom. The molecule has 1 aromatic rings. The number of hydrogen-bond donors (Lipinski definition) is 1. The molecule has 0 aliphatic carbocycles. The quantitative estimate of drug-likeness (QED) is 0.640. The van der Waals surface area contributed by atoms with Crippen LogP contribution in [0.4, 0.5) is 0 Å². The highest BCUT2D eigenvalue weighted by atomic mass is 32.2. The van der Waals surface area contributed by atoms with Gasteiger partial charge in [0.25, 0.3) is 0 Å². The standard InChI is InChI=1S/C12H21NO2S/c1-14-9-7-13-6-2-3-10-16-11-12-5-4-8-15-12/h4-5,8,13H,2-3,6-7,9-11H2,1H3. The Balaban J connectivity index is 1.78. The zero-order chi connectivity index (χ0) is 11.5. The van der Waals surface area contributed by atoms with E-state index >= 15 is 0 Å². The zero-order valence-corrected chi connectivity index (χ0v) is 10.7. The lowest BCUT2D eigenvalue weighted by Crippen LogP contribution is -2.20. The fourth-order valence-electron chi connectivity index (χ4n) is 1.32. The highest BCUT2D eigenvalue weighted by Gasteiger charge is 1.95. The van der Waals surface area contributed by atoms with Crippen molar-refractivity contribution in [2.45, 2.75) is 18.6 Å². The van der Waals surface area contributed by atoms with Crippen LogP contribution in [0, 0.1) is 0 Å². The van der Waals surface area contributed by atoms with Crippen molar-refractivity contribution in [1.29, 1.82) is 0 Å². The molecule has 1 aromatic heterocycles. The van der Waals surface area contributed by atoms with Gasteiger partial charge in [0.15, 0.2) is 0 Å². The van der Waals surface area contributed by atoms with Crippen molar-refractivity contribution in [3.05, 3.63) is 24.2 Å². The summed E-state index contributed by atoms with van der Waals surface area (Å²) >= 11 is 1.93. The van der Waals surface area contributed by atoms with Crippen LogP contribution >= 0.6 is 11.8 Å². The summed E-state index contributed by atoms with van der Waals surface area (Å²) in [4.78, 5) is 0. The fraction of sp³-hybridized carbons (Fsp3) is 0.667. The van der Waals surface area contributed by atoms with Gasteiger partial charge in [-0.05, 0) is 37.3 Å². The molecule has 92 valence electrons. The van der Waals surface area contributed by atoms with Gasteiger partial charge >= 0.3 is 0 Å². The second-order valence-corrected chi connectivity index (χ2v) is 4.69. The molecule has 0 atom stereocenters. The number of hydrogen-bond acceptors (Lipinski definition) is 4. The molecule has 0 aromatic carbocycles. The van der Waals surface area contributed by atoms with E-state index in [1.165, 1.54) is 18.6 Å². The molecule has 0 aliphatic heterocycles. The van der Waals surface area contributed by atoms with Crippen molar-refractivity contribution in [2.24, 2.45) is 0 Å². The molecular formula is C12H21NO2S. The number of ether oxygens (including phenoxy) is 1. The number of unbranched alkanes of at least 4 members (excludes halogenated alkanes) is 1. The van der Waals surface area contributed by atoms with Gasteiger partial charge < -0.3 is 14.5 Å². The first-order chi connectivity index (χ1) is 7.93. The number of thioether (sulfide) groups is 1. The van der Waals surface area contributed by atoms with E-state index in [0.29, 0.717) is 0 Å². The van der Waals surface area contributed by atoms with Crippen molar-refractivity contribution >= 4 is 11.8 Å². The second-order valence-electron chi connectivity index (χ2n) is 3.58. The Morgan fingerprint density at radius 3 is 3.06 bits per heavy atom. The minimum absolute atomic E-state index is 0.799. The number of rotatable bonds is 10. The summed E-state index contributed by atoms with van der Waals surface area (Å²) in [5.41, 5.74) is 0. The van der Waals surface area contributed by atoms with Crippen molar-refractivity contribution in [1.82, 2.24) is 5.32 Å². The lowest BCUT2D eigenvalue weighted by Gasteiger charge is -2.03. The van der Waals surface area contributed by atoms with Crippen molar-refractivity contribution in [3.63, 3.8) is 0 Å². The minimum atomic E-state index is 0.799. The van der Waals surface area contributed by atoms with Crippen molar-refractivity contribution in [2.75, 3.05) is 32.6 Å². The molecule has 0 radical (unpaired) electrons. The molecular weight excluding hydrogens is 222 g/mol. The maximum absolute atomic E-state index is 5.26. The summed E-state index contributed by atoms with van der Waals surface area (Å²) < 4.78 is 10.2. The zero-order valence-electron chi connectivity index (χ0n) is 9.91. The first-order valence-corrected chi connectivity index (χ1v) is 6.88. The van der Waals surface area contributed by atoms with E-state index in [-0.39, 0.29) is 0 Å². The fourth-order valence-corrected chi connectivity index (χ4v) is 2.24. The van der Waals surface area contributed by atoms with Crippen LogP contribution in [-0.2, 0) is 10.5 Å². The summed E-state index contributed by atoms with van der Waals surface area (Å²) in [5, 5.41) is 3.34. The Kier molecular flexibility index (Phi) is 8.30. The van der Waals surface area contributed by atoms with Gasteiger partial charge in [-0.25, -0.2) is 0 Å². The maximum atomic E-state index is 5.26. The predicted octanol–water partition coefficient (Wildman–Crippen LogP) is 2.53. The molecule has 4 heteroatoms. The highest BCUT2D eigenvalue weighted by Crippen LogP contribution is 2.13. The van der Waals surface area contributed by atoms with E-state index in [1.807, 2.05) is 23.9 Å². The summed E-state index contributed by atoms with van der Waals surface area (Å²) in [6, 6.07) is 3.97. The van der Waals surface area contributed by atoms with Gasteiger partial charge in [-0.2, -0.15) is 11.8 Å². The molecule has 0 saturated heterocycles. The molecule has 0 spiro atoms. The molecule has 16 heavy (non-hydrogen) atoms. The summed E-state index contributed by atoms with van der Waals surface area (Å²) in [5.74, 6) is 3.26. The highest BCUT2D eigenvalue weighted by molar-refractivity contribution is 7.98. The number of methoxy groups -OCH3 is 1. The number of furan rings is 1. The van der Waals surface area contributed by atoms with Gasteiger partial charge in [-0.1, -0.05) is 0 Å². The molecule has 0 aliphatic rings. The van der Waals surface area contributed by atoms with Crippen LogP contribution in [0.2, 0.25) is 0 Å². The summed E-state index contributed by atoms with van der Waals surface area (Å²) in [6.45, 7) is 2.84. The van der Waals surface area contributed by atoms with Gasteiger partial charge in [-0.15, -0.1) is 0 Å². The van der Waals surface area contributed by atoms with Crippen molar-refractivity contribution in [3.8, 4) is 0 Å². The SMILES string of the molecule is COCCNCCCCSCc1ccco1. The lowest BCUT2D eigenvalue weighted by atomic mass is 10.3. The van der Waals surface area contributed by atoms with Crippen molar-refractivity contribution < 1.29 is 9.15 Å². The van der Waals surface area contributed by atoms with Crippen LogP contribution in [0.1, 0.15) is 18.6 Å². The summed E-state index contributed by atoms with van der Waals surface area (Å²) in [7, 11) is 1.73. The van der Waals surface area contributed by atoms with Gasteiger partial charge in [-0.3, -0.25) is 0 Å². The average molecular weight is 243 g/mol. The molecule has 1 N–H and O–H groups in total. The van der Waals surface area contributed by atoms with Gasteiger partial charge in [0, 0.05) is 13.7 Å². The van der Waals surface area contributed by atoms with Gasteiger partial charge in [0.1, 0.15) is 5.76 Å². The first-order valence-electron chi connectivity index (χ1n) is 5.73. The molecule has 3 nitrogen and oxygen atoms in total. The third-order valence-corrected chi connectivity index (χ3v) is 3.27. The van der Waals surface area contributed by atoms with E-state index in [2.05, 4.69) is 5.32 Å². The molecule has 1 rings (SSSR count). The molecule has 0 amide bonds. The largest absolute Gasteiger partial charge is 0.468 e. The average Bonchev–Trinajstić information content (AvgIpc) is 2.80. The molecule has 0 bridgehead atoms.